The predicted octanol–water partition coefficient (Wildman–Crippen LogP) is 5.04. The third-order valence-corrected chi connectivity index (χ3v) is 6.74. The summed E-state index contributed by atoms with van der Waals surface area (Å²) in [6, 6.07) is 12.4. The molecule has 2 aromatic carbocycles. The fraction of sp³-hybridized carbons (Fsp3) is 0.444. The van der Waals surface area contributed by atoms with Crippen LogP contribution in [0.2, 0.25) is 5.02 Å². The lowest BCUT2D eigenvalue weighted by atomic mass is 9.97. The summed E-state index contributed by atoms with van der Waals surface area (Å²) in [7, 11) is 0. The van der Waals surface area contributed by atoms with Crippen molar-refractivity contribution >= 4 is 40.9 Å². The van der Waals surface area contributed by atoms with Crippen molar-refractivity contribution in [1.29, 1.82) is 0 Å². The van der Waals surface area contributed by atoms with Crippen LogP contribution in [0.15, 0.2) is 48.5 Å². The average molecular weight is 530 g/mol. The highest BCUT2D eigenvalue weighted by atomic mass is 35.5. The number of hydrogen-bond donors (Lipinski definition) is 3. The molecule has 2 aromatic rings. The molecule has 0 aliphatic carbocycles. The SMILES string of the molecule is CCOc1ccc(NC(=O)NC(C(=O)N2CCN(C(=O)Nc3ccc(Cl)cc3)C(C)C2)C(C)CC)cc1. The number of rotatable bonds is 8. The number of anilines is 2. The fourth-order valence-corrected chi connectivity index (χ4v) is 4.30. The van der Waals surface area contributed by atoms with E-state index in [1.807, 2.05) is 27.7 Å². The Hall–Kier alpha value is -3.46. The minimum absolute atomic E-state index is 0.0693. The number of halogens is 1. The van der Waals surface area contributed by atoms with Gasteiger partial charge in [0.05, 0.1) is 6.61 Å². The molecule has 37 heavy (non-hydrogen) atoms. The molecule has 0 bridgehead atoms. The van der Waals surface area contributed by atoms with E-state index in [4.69, 9.17) is 16.3 Å². The molecule has 3 atom stereocenters. The summed E-state index contributed by atoms with van der Waals surface area (Å²) >= 11 is 5.92. The van der Waals surface area contributed by atoms with Gasteiger partial charge in [-0.05, 0) is 68.3 Å². The molecule has 1 aliphatic rings. The van der Waals surface area contributed by atoms with Gasteiger partial charge in [0.15, 0.2) is 0 Å². The number of benzene rings is 2. The van der Waals surface area contributed by atoms with E-state index in [1.165, 1.54) is 0 Å². The van der Waals surface area contributed by atoms with Crippen LogP contribution in [-0.2, 0) is 4.79 Å². The van der Waals surface area contributed by atoms with Crippen molar-refractivity contribution in [2.45, 2.75) is 46.2 Å². The van der Waals surface area contributed by atoms with E-state index in [0.717, 1.165) is 12.2 Å². The zero-order valence-electron chi connectivity index (χ0n) is 21.8. The highest BCUT2D eigenvalue weighted by Gasteiger charge is 2.35. The predicted molar refractivity (Wildman–Crippen MR) is 146 cm³/mol. The monoisotopic (exact) mass is 529 g/mol. The van der Waals surface area contributed by atoms with E-state index >= 15 is 0 Å². The second-order valence-corrected chi connectivity index (χ2v) is 9.62. The molecule has 1 aliphatic heterocycles. The maximum atomic E-state index is 13.5. The van der Waals surface area contributed by atoms with E-state index in [1.54, 1.807) is 58.3 Å². The van der Waals surface area contributed by atoms with Crippen molar-refractivity contribution in [3.63, 3.8) is 0 Å². The van der Waals surface area contributed by atoms with Crippen molar-refractivity contribution in [2.24, 2.45) is 5.92 Å². The summed E-state index contributed by atoms with van der Waals surface area (Å²) in [4.78, 5) is 42.5. The number of ether oxygens (including phenoxy) is 1. The Labute approximate surface area is 223 Å². The quantitative estimate of drug-likeness (QED) is 0.445. The lowest BCUT2D eigenvalue weighted by molar-refractivity contribution is -0.136. The van der Waals surface area contributed by atoms with Crippen molar-refractivity contribution in [1.82, 2.24) is 15.1 Å². The second-order valence-electron chi connectivity index (χ2n) is 9.18. The maximum Gasteiger partial charge on any atom is 0.322 e. The average Bonchev–Trinajstić information content (AvgIpc) is 2.89. The number of nitrogens with one attached hydrogen (secondary N) is 3. The third-order valence-electron chi connectivity index (χ3n) is 6.48. The van der Waals surface area contributed by atoms with E-state index in [-0.39, 0.29) is 23.9 Å². The number of amides is 5. The minimum atomic E-state index is -0.686. The molecule has 9 nitrogen and oxygen atoms in total. The zero-order chi connectivity index (χ0) is 26.9. The van der Waals surface area contributed by atoms with E-state index < -0.39 is 12.1 Å². The van der Waals surface area contributed by atoms with Gasteiger partial charge >= 0.3 is 12.1 Å². The van der Waals surface area contributed by atoms with Crippen molar-refractivity contribution in [3.05, 3.63) is 53.6 Å². The van der Waals surface area contributed by atoms with Gasteiger partial charge in [-0.15, -0.1) is 0 Å². The van der Waals surface area contributed by atoms with Crippen molar-refractivity contribution in [2.75, 3.05) is 36.9 Å². The molecule has 0 saturated carbocycles. The molecule has 1 fully saturated rings. The Morgan fingerprint density at radius 2 is 1.62 bits per heavy atom. The van der Waals surface area contributed by atoms with Gasteiger partial charge in [0.1, 0.15) is 11.8 Å². The van der Waals surface area contributed by atoms with E-state index in [9.17, 15) is 14.4 Å². The maximum absolute atomic E-state index is 13.5. The normalized spacial score (nSPS) is 16.9. The Kier molecular flexibility index (Phi) is 10.0. The Morgan fingerprint density at radius 3 is 2.22 bits per heavy atom. The molecular weight excluding hydrogens is 494 g/mol. The van der Waals surface area contributed by atoms with Gasteiger partial charge < -0.3 is 30.5 Å². The summed E-state index contributed by atoms with van der Waals surface area (Å²) < 4.78 is 5.43. The molecule has 1 heterocycles. The summed E-state index contributed by atoms with van der Waals surface area (Å²) in [6.07, 6.45) is 0.721. The van der Waals surface area contributed by atoms with Gasteiger partial charge in [0.2, 0.25) is 5.91 Å². The molecule has 200 valence electrons. The Bertz CT molecular complexity index is 1060. The highest BCUT2D eigenvalue weighted by Crippen LogP contribution is 2.19. The van der Waals surface area contributed by atoms with Crippen molar-refractivity contribution in [3.8, 4) is 5.75 Å². The summed E-state index contributed by atoms with van der Waals surface area (Å²) in [5.41, 5.74) is 1.25. The van der Waals surface area contributed by atoms with Crippen LogP contribution in [-0.4, -0.2) is 66.1 Å². The first-order valence-electron chi connectivity index (χ1n) is 12.6. The standard InChI is InChI=1S/C27H36ClN5O4/c1-5-18(3)24(31-26(35)29-21-11-13-23(14-12-21)37-6-2)25(34)32-15-16-33(19(4)17-32)27(36)30-22-9-7-20(28)8-10-22/h7-14,18-19,24H,5-6,15-17H2,1-4H3,(H,30,36)(H2,29,31,35). The molecule has 0 radical (unpaired) electrons. The Morgan fingerprint density at radius 1 is 1.00 bits per heavy atom. The van der Waals surface area contributed by atoms with E-state index in [2.05, 4.69) is 16.0 Å². The second kappa shape index (κ2) is 13.2. The molecule has 3 rings (SSSR count). The molecular formula is C27H36ClN5O4. The number of carbonyl (C=O) groups is 3. The Balaban J connectivity index is 1.59. The van der Waals surface area contributed by atoms with Crippen LogP contribution in [0.3, 0.4) is 0 Å². The van der Waals surface area contributed by atoms with E-state index in [0.29, 0.717) is 42.6 Å². The van der Waals surface area contributed by atoms with Crippen molar-refractivity contribution < 1.29 is 19.1 Å². The zero-order valence-corrected chi connectivity index (χ0v) is 22.5. The topological polar surface area (TPSA) is 103 Å². The van der Waals surface area contributed by atoms with Crippen LogP contribution in [0.25, 0.3) is 0 Å². The molecule has 5 amide bonds. The van der Waals surface area contributed by atoms with Gasteiger partial charge in [-0.2, -0.15) is 0 Å². The van der Waals surface area contributed by atoms with Crippen LogP contribution in [0, 0.1) is 5.92 Å². The lowest BCUT2D eigenvalue weighted by Crippen LogP contribution is -2.60. The first kappa shape index (κ1) is 28.1. The van der Waals surface area contributed by atoms with Gasteiger partial charge in [-0.3, -0.25) is 4.79 Å². The van der Waals surface area contributed by atoms with Gasteiger partial charge in [0, 0.05) is 42.1 Å². The summed E-state index contributed by atoms with van der Waals surface area (Å²) in [6.45, 7) is 9.45. The summed E-state index contributed by atoms with van der Waals surface area (Å²) in [5.74, 6) is 0.497. The highest BCUT2D eigenvalue weighted by molar-refractivity contribution is 6.30. The number of carbonyl (C=O) groups excluding carboxylic acids is 3. The third kappa shape index (κ3) is 7.76. The van der Waals surface area contributed by atoms with Crippen LogP contribution < -0.4 is 20.7 Å². The lowest BCUT2D eigenvalue weighted by Gasteiger charge is -2.41. The molecule has 0 aromatic heterocycles. The van der Waals surface area contributed by atoms with Crippen LogP contribution in [0.4, 0.5) is 21.0 Å². The summed E-state index contributed by atoms with van der Waals surface area (Å²) in [5, 5.41) is 9.12. The molecule has 1 saturated heterocycles. The fourth-order valence-electron chi connectivity index (χ4n) is 4.18. The van der Waals surface area contributed by atoms with Gasteiger partial charge in [-0.1, -0.05) is 31.9 Å². The minimum Gasteiger partial charge on any atom is -0.494 e. The molecule has 10 heteroatoms. The molecule has 0 spiro atoms. The van der Waals surface area contributed by atoms with Crippen LogP contribution >= 0.6 is 11.6 Å². The number of urea groups is 2. The number of nitrogens with zero attached hydrogens (tertiary/aromatic N) is 2. The first-order valence-corrected chi connectivity index (χ1v) is 13.0. The smallest absolute Gasteiger partial charge is 0.322 e. The number of piperazine rings is 1. The van der Waals surface area contributed by atoms with Gasteiger partial charge in [0.25, 0.3) is 0 Å². The van der Waals surface area contributed by atoms with Gasteiger partial charge in [-0.25, -0.2) is 9.59 Å². The molecule has 3 unspecified atom stereocenters. The first-order chi connectivity index (χ1) is 17.7. The van der Waals surface area contributed by atoms with Crippen LogP contribution in [0.1, 0.15) is 34.1 Å². The molecule has 3 N–H and O–H groups in total. The van der Waals surface area contributed by atoms with Crippen LogP contribution in [0.5, 0.6) is 5.75 Å². The number of hydrogen-bond acceptors (Lipinski definition) is 4. The largest absolute Gasteiger partial charge is 0.494 e.